The van der Waals surface area contributed by atoms with E-state index < -0.39 is 15.6 Å². The van der Waals surface area contributed by atoms with Crippen molar-refractivity contribution in [3.63, 3.8) is 0 Å². The molecule has 0 aliphatic heterocycles. The molecule has 0 saturated carbocycles. The Morgan fingerprint density at radius 1 is 1.07 bits per heavy atom. The van der Waals surface area contributed by atoms with E-state index in [1.165, 1.54) is 47.0 Å². The molecule has 0 spiro atoms. The van der Waals surface area contributed by atoms with Crippen molar-refractivity contribution in [3.05, 3.63) is 73.2 Å². The Labute approximate surface area is 156 Å². The molecule has 0 fully saturated rings. The van der Waals surface area contributed by atoms with E-state index in [9.17, 15) is 29.8 Å². The number of nitro benzene ring substituents is 2. The number of carbonyl (C=O) groups excluding carboxylic acids is 1. The summed E-state index contributed by atoms with van der Waals surface area (Å²) in [4.78, 5) is 44.4. The second-order valence-electron chi connectivity index (χ2n) is 5.89. The Morgan fingerprint density at radius 3 is 2.50 bits per heavy atom. The molecule has 0 bridgehead atoms. The number of fused-ring (bicyclic) bond motifs is 1. The molecule has 144 valence electrons. The van der Waals surface area contributed by atoms with Crippen molar-refractivity contribution in [1.82, 2.24) is 4.57 Å². The lowest BCUT2D eigenvalue weighted by atomic mass is 10.2. The number of nitro groups is 2. The Kier molecular flexibility index (Phi) is 5.16. The van der Waals surface area contributed by atoms with E-state index >= 15 is 0 Å². The number of hydrogen-bond donors (Lipinski definition) is 1. The fraction of sp³-hybridized carbons (Fsp3) is 0.176. The van der Waals surface area contributed by atoms with Crippen molar-refractivity contribution in [3.8, 4) is 0 Å². The van der Waals surface area contributed by atoms with E-state index in [1.54, 1.807) is 0 Å². The summed E-state index contributed by atoms with van der Waals surface area (Å²) in [7, 11) is 0. The van der Waals surface area contributed by atoms with Gasteiger partial charge in [-0.3, -0.25) is 29.6 Å². The number of nitrogens with zero attached hydrogens (tertiary/aromatic N) is 3. The molecule has 28 heavy (non-hydrogen) atoms. The predicted molar refractivity (Wildman–Crippen MR) is 98.1 cm³/mol. The van der Waals surface area contributed by atoms with Crippen molar-refractivity contribution in [2.45, 2.75) is 19.4 Å². The minimum Gasteiger partial charge on any atom is -0.407 e. The SMILES string of the molecule is O=C(CCCn1c(=O)oc2cc([N+](=O)[O-])ccc21)Nc1cccc([N+](=O)[O-])c1. The average Bonchev–Trinajstić information content (AvgIpc) is 2.96. The second-order valence-corrected chi connectivity index (χ2v) is 5.89. The fourth-order valence-electron chi connectivity index (χ4n) is 2.70. The highest BCUT2D eigenvalue weighted by atomic mass is 16.6. The number of oxazole rings is 1. The van der Waals surface area contributed by atoms with Crippen LogP contribution in [0.1, 0.15) is 12.8 Å². The van der Waals surface area contributed by atoms with Crippen molar-refractivity contribution in [2.24, 2.45) is 0 Å². The Morgan fingerprint density at radius 2 is 1.79 bits per heavy atom. The summed E-state index contributed by atoms with van der Waals surface area (Å²) < 4.78 is 6.31. The molecule has 0 radical (unpaired) electrons. The van der Waals surface area contributed by atoms with E-state index in [4.69, 9.17) is 4.42 Å². The Hall–Kier alpha value is -4.02. The maximum Gasteiger partial charge on any atom is 0.419 e. The average molecular weight is 386 g/mol. The molecule has 0 aliphatic rings. The van der Waals surface area contributed by atoms with Crippen LogP contribution in [0.3, 0.4) is 0 Å². The molecule has 1 amide bonds. The number of non-ortho nitro benzene ring substituents is 2. The van der Waals surface area contributed by atoms with E-state index in [1.807, 2.05) is 0 Å². The van der Waals surface area contributed by atoms with Gasteiger partial charge in [-0.25, -0.2) is 4.79 Å². The third kappa shape index (κ3) is 4.03. The van der Waals surface area contributed by atoms with Crippen molar-refractivity contribution < 1.29 is 19.1 Å². The van der Waals surface area contributed by atoms with E-state index in [-0.39, 0.29) is 35.8 Å². The van der Waals surface area contributed by atoms with Crippen molar-refractivity contribution in [2.75, 3.05) is 5.32 Å². The molecular formula is C17H14N4O7. The highest BCUT2D eigenvalue weighted by Crippen LogP contribution is 2.21. The van der Waals surface area contributed by atoms with Crippen LogP contribution < -0.4 is 11.1 Å². The van der Waals surface area contributed by atoms with Crippen molar-refractivity contribution >= 4 is 34.1 Å². The molecule has 1 heterocycles. The van der Waals surface area contributed by atoms with Crippen LogP contribution in [0.2, 0.25) is 0 Å². The first kappa shape index (κ1) is 18.8. The van der Waals surface area contributed by atoms with Gasteiger partial charge in [-0.15, -0.1) is 0 Å². The van der Waals surface area contributed by atoms with E-state index in [2.05, 4.69) is 5.32 Å². The molecule has 0 unspecified atom stereocenters. The van der Waals surface area contributed by atoms with Gasteiger partial charge in [0.2, 0.25) is 5.91 Å². The third-order valence-corrected chi connectivity index (χ3v) is 3.99. The van der Waals surface area contributed by atoms with Gasteiger partial charge in [-0.1, -0.05) is 6.07 Å². The molecule has 0 atom stereocenters. The van der Waals surface area contributed by atoms with Gasteiger partial charge in [0.1, 0.15) is 0 Å². The smallest absolute Gasteiger partial charge is 0.407 e. The number of hydrogen-bond acceptors (Lipinski definition) is 7. The molecule has 1 aromatic heterocycles. The molecule has 3 aromatic rings. The zero-order valence-corrected chi connectivity index (χ0v) is 14.4. The molecule has 11 heteroatoms. The topological polar surface area (TPSA) is 151 Å². The second kappa shape index (κ2) is 7.70. The van der Waals surface area contributed by atoms with Crippen LogP contribution in [0, 0.1) is 20.2 Å². The molecule has 1 N–H and O–H groups in total. The Balaban J connectivity index is 1.63. The van der Waals surface area contributed by atoms with Crippen LogP contribution in [0.4, 0.5) is 17.1 Å². The summed E-state index contributed by atoms with van der Waals surface area (Å²) in [5, 5.41) is 24.1. The highest BCUT2D eigenvalue weighted by Gasteiger charge is 2.14. The van der Waals surface area contributed by atoms with Crippen LogP contribution >= 0.6 is 0 Å². The van der Waals surface area contributed by atoms with Crippen LogP contribution in [0.5, 0.6) is 0 Å². The van der Waals surface area contributed by atoms with Gasteiger partial charge in [0.25, 0.3) is 11.4 Å². The molecule has 3 rings (SSSR count). The summed E-state index contributed by atoms with van der Waals surface area (Å²) in [6.07, 6.45) is 0.362. The lowest BCUT2D eigenvalue weighted by molar-refractivity contribution is -0.384. The number of benzene rings is 2. The minimum atomic E-state index is -0.672. The van der Waals surface area contributed by atoms with Gasteiger partial charge in [0.05, 0.1) is 21.4 Å². The number of carbonyl (C=O) groups is 1. The summed E-state index contributed by atoms with van der Waals surface area (Å²) in [5.41, 5.74) is 0.473. The summed E-state index contributed by atoms with van der Waals surface area (Å²) >= 11 is 0. The first-order valence-electron chi connectivity index (χ1n) is 8.17. The maximum absolute atomic E-state index is 12.0. The largest absolute Gasteiger partial charge is 0.419 e. The number of rotatable bonds is 7. The number of aromatic nitrogens is 1. The first-order valence-corrected chi connectivity index (χ1v) is 8.17. The van der Waals surface area contributed by atoms with E-state index in [0.717, 1.165) is 0 Å². The van der Waals surface area contributed by atoms with Gasteiger partial charge in [0.15, 0.2) is 5.58 Å². The van der Waals surface area contributed by atoms with E-state index in [0.29, 0.717) is 17.6 Å². The number of nitrogens with one attached hydrogen (secondary N) is 1. The Bertz CT molecular complexity index is 1130. The van der Waals surface area contributed by atoms with Crippen LogP contribution in [-0.4, -0.2) is 20.3 Å². The lowest BCUT2D eigenvalue weighted by Gasteiger charge is -2.05. The minimum absolute atomic E-state index is 0.0643. The predicted octanol–water partition coefficient (Wildman–Crippen LogP) is 2.83. The highest BCUT2D eigenvalue weighted by molar-refractivity contribution is 5.91. The maximum atomic E-state index is 12.0. The molecule has 0 aliphatic carbocycles. The fourth-order valence-corrected chi connectivity index (χ4v) is 2.70. The summed E-state index contributed by atoms with van der Waals surface area (Å²) in [5.74, 6) is -1.04. The monoisotopic (exact) mass is 386 g/mol. The standard InChI is InChI=1S/C17H14N4O7/c22-16(18-11-3-1-4-12(9-11)20(24)25)5-2-8-19-14-7-6-13(21(26)27)10-15(14)28-17(19)23/h1,3-4,6-7,9-10H,2,5,8H2,(H,18,22). The first-order chi connectivity index (χ1) is 13.3. The summed E-state index contributed by atoms with van der Waals surface area (Å²) in [6.45, 7) is 0.173. The van der Waals surface area contributed by atoms with Crippen LogP contribution in [-0.2, 0) is 11.3 Å². The zero-order valence-electron chi connectivity index (χ0n) is 14.4. The lowest BCUT2D eigenvalue weighted by Crippen LogP contribution is -2.17. The normalized spacial score (nSPS) is 10.7. The van der Waals surface area contributed by atoms with Gasteiger partial charge in [0, 0.05) is 36.9 Å². The van der Waals surface area contributed by atoms with Gasteiger partial charge >= 0.3 is 5.76 Å². The number of aryl methyl sites for hydroxylation is 1. The zero-order chi connectivity index (χ0) is 20.3. The summed E-state index contributed by atoms with van der Waals surface area (Å²) in [6, 6.07) is 9.41. The number of amides is 1. The quantitative estimate of drug-likeness (QED) is 0.484. The molecular weight excluding hydrogens is 372 g/mol. The van der Waals surface area contributed by atoms with Gasteiger partial charge < -0.3 is 9.73 Å². The van der Waals surface area contributed by atoms with Crippen LogP contribution in [0.25, 0.3) is 11.1 Å². The van der Waals surface area contributed by atoms with Crippen LogP contribution in [0.15, 0.2) is 51.7 Å². The van der Waals surface area contributed by atoms with Gasteiger partial charge in [-0.2, -0.15) is 0 Å². The molecule has 0 saturated heterocycles. The van der Waals surface area contributed by atoms with Crippen molar-refractivity contribution in [1.29, 1.82) is 0 Å². The van der Waals surface area contributed by atoms with Gasteiger partial charge in [-0.05, 0) is 18.6 Å². The number of anilines is 1. The third-order valence-electron chi connectivity index (χ3n) is 3.99. The molecule has 11 nitrogen and oxygen atoms in total. The molecule has 2 aromatic carbocycles.